The maximum absolute atomic E-state index is 13.1. The summed E-state index contributed by atoms with van der Waals surface area (Å²) < 4.78 is 15.7. The summed E-state index contributed by atoms with van der Waals surface area (Å²) in [6.45, 7) is 5.66. The van der Waals surface area contributed by atoms with E-state index in [2.05, 4.69) is 25.9 Å². The molecule has 0 saturated carbocycles. The van der Waals surface area contributed by atoms with E-state index in [-0.39, 0.29) is 18.3 Å². The van der Waals surface area contributed by atoms with Crippen molar-refractivity contribution in [2.45, 2.75) is 20.0 Å². The standard InChI is InChI=1S/C17H19BrClFN4O/c1-12-15(18)10-24(21-12)11-17(25)23-6-4-22(5-7-23)9-13-2-3-14(20)8-16(13)19/h2-3,8,10H,4-7,9,11H2,1H3. The predicted molar refractivity (Wildman–Crippen MR) is 97.9 cm³/mol. The average Bonchev–Trinajstić information content (AvgIpc) is 2.88. The third kappa shape index (κ3) is 4.59. The minimum Gasteiger partial charge on any atom is -0.339 e. The van der Waals surface area contributed by atoms with Gasteiger partial charge in [0.15, 0.2) is 0 Å². The Hall–Kier alpha value is -1.44. The van der Waals surface area contributed by atoms with E-state index in [9.17, 15) is 9.18 Å². The molecule has 1 aliphatic rings. The normalized spacial score (nSPS) is 15.6. The maximum Gasteiger partial charge on any atom is 0.244 e. The van der Waals surface area contributed by atoms with Crippen molar-refractivity contribution in [3.05, 3.63) is 51.0 Å². The Morgan fingerprint density at radius 1 is 1.32 bits per heavy atom. The molecule has 2 aromatic rings. The summed E-state index contributed by atoms with van der Waals surface area (Å²) in [5.41, 5.74) is 1.77. The Labute approximate surface area is 159 Å². The van der Waals surface area contributed by atoms with E-state index in [4.69, 9.17) is 11.6 Å². The molecule has 5 nitrogen and oxygen atoms in total. The summed E-state index contributed by atoms with van der Waals surface area (Å²) in [5, 5.41) is 4.74. The number of carbonyl (C=O) groups is 1. The van der Waals surface area contributed by atoms with Crippen LogP contribution in [0, 0.1) is 12.7 Å². The molecule has 1 fully saturated rings. The third-order valence-corrected chi connectivity index (χ3v) is 5.45. The average molecular weight is 430 g/mol. The van der Waals surface area contributed by atoms with Crippen LogP contribution in [-0.4, -0.2) is 51.7 Å². The number of amides is 1. The predicted octanol–water partition coefficient (Wildman–Crippen LogP) is 3.09. The molecule has 1 aliphatic heterocycles. The second-order valence-electron chi connectivity index (χ2n) is 6.15. The van der Waals surface area contributed by atoms with Crippen molar-refractivity contribution in [1.29, 1.82) is 0 Å². The number of halogens is 3. The molecule has 134 valence electrons. The zero-order chi connectivity index (χ0) is 18.0. The van der Waals surface area contributed by atoms with Crippen LogP contribution in [0.25, 0.3) is 0 Å². The van der Waals surface area contributed by atoms with Crippen molar-refractivity contribution in [3.8, 4) is 0 Å². The Bertz CT molecular complexity index is 755. The van der Waals surface area contributed by atoms with Crippen molar-refractivity contribution < 1.29 is 9.18 Å². The molecule has 0 aliphatic carbocycles. The van der Waals surface area contributed by atoms with Crippen molar-refractivity contribution in [2.75, 3.05) is 26.2 Å². The molecule has 0 unspecified atom stereocenters. The highest BCUT2D eigenvalue weighted by atomic mass is 79.9. The van der Waals surface area contributed by atoms with Crippen LogP contribution in [0.3, 0.4) is 0 Å². The highest BCUT2D eigenvalue weighted by Gasteiger charge is 2.22. The van der Waals surface area contributed by atoms with Crippen LogP contribution < -0.4 is 0 Å². The van der Waals surface area contributed by atoms with Gasteiger partial charge in [-0.3, -0.25) is 14.4 Å². The first-order chi connectivity index (χ1) is 11.9. The lowest BCUT2D eigenvalue weighted by molar-refractivity contribution is -0.133. The number of nitrogens with zero attached hydrogens (tertiary/aromatic N) is 4. The monoisotopic (exact) mass is 428 g/mol. The van der Waals surface area contributed by atoms with E-state index in [0.29, 0.717) is 24.7 Å². The second-order valence-corrected chi connectivity index (χ2v) is 7.41. The molecule has 0 spiro atoms. The van der Waals surface area contributed by atoms with E-state index in [1.807, 2.05) is 18.0 Å². The van der Waals surface area contributed by atoms with Crippen molar-refractivity contribution in [3.63, 3.8) is 0 Å². The van der Waals surface area contributed by atoms with Gasteiger partial charge in [-0.15, -0.1) is 0 Å². The molecule has 0 bridgehead atoms. The van der Waals surface area contributed by atoms with Crippen LogP contribution >= 0.6 is 27.5 Å². The molecule has 1 saturated heterocycles. The van der Waals surface area contributed by atoms with E-state index in [1.165, 1.54) is 12.1 Å². The van der Waals surface area contributed by atoms with Gasteiger partial charge in [-0.1, -0.05) is 17.7 Å². The molecular formula is C17H19BrClFN4O. The van der Waals surface area contributed by atoms with Gasteiger partial charge < -0.3 is 4.90 Å². The van der Waals surface area contributed by atoms with E-state index in [0.717, 1.165) is 28.8 Å². The number of aryl methyl sites for hydroxylation is 1. The number of hydrogen-bond donors (Lipinski definition) is 0. The Morgan fingerprint density at radius 2 is 2.04 bits per heavy atom. The van der Waals surface area contributed by atoms with E-state index < -0.39 is 0 Å². The van der Waals surface area contributed by atoms with Gasteiger partial charge in [0.25, 0.3) is 0 Å². The van der Waals surface area contributed by atoms with Crippen LogP contribution in [0.2, 0.25) is 5.02 Å². The quantitative estimate of drug-likeness (QED) is 0.750. The highest BCUT2D eigenvalue weighted by molar-refractivity contribution is 9.10. The molecule has 8 heteroatoms. The van der Waals surface area contributed by atoms with Gasteiger partial charge in [-0.25, -0.2) is 4.39 Å². The molecule has 0 atom stereocenters. The van der Waals surface area contributed by atoms with Gasteiger partial charge in [0.2, 0.25) is 5.91 Å². The lowest BCUT2D eigenvalue weighted by Gasteiger charge is -2.34. The lowest BCUT2D eigenvalue weighted by atomic mass is 10.2. The van der Waals surface area contributed by atoms with Crippen LogP contribution in [0.15, 0.2) is 28.9 Å². The highest BCUT2D eigenvalue weighted by Crippen LogP contribution is 2.20. The van der Waals surface area contributed by atoms with Crippen molar-refractivity contribution >= 4 is 33.4 Å². The fraction of sp³-hybridized carbons (Fsp3) is 0.412. The molecule has 0 N–H and O–H groups in total. The second kappa shape index (κ2) is 7.85. The summed E-state index contributed by atoms with van der Waals surface area (Å²) in [4.78, 5) is 16.5. The molecule has 3 rings (SSSR count). The number of piperazine rings is 1. The topological polar surface area (TPSA) is 41.4 Å². The Kier molecular flexibility index (Phi) is 5.76. The largest absolute Gasteiger partial charge is 0.339 e. The van der Waals surface area contributed by atoms with E-state index >= 15 is 0 Å². The number of hydrogen-bond acceptors (Lipinski definition) is 3. The van der Waals surface area contributed by atoms with Crippen molar-refractivity contribution in [1.82, 2.24) is 19.6 Å². The van der Waals surface area contributed by atoms with Gasteiger partial charge in [0, 0.05) is 43.9 Å². The number of aromatic nitrogens is 2. The molecule has 0 radical (unpaired) electrons. The summed E-state index contributed by atoms with van der Waals surface area (Å²) in [6, 6.07) is 4.47. The fourth-order valence-corrected chi connectivity index (χ4v) is 3.40. The Balaban J connectivity index is 1.51. The fourth-order valence-electron chi connectivity index (χ4n) is 2.86. The molecule has 1 amide bonds. The molecular weight excluding hydrogens is 411 g/mol. The van der Waals surface area contributed by atoms with Crippen LogP contribution in [-0.2, 0) is 17.9 Å². The number of benzene rings is 1. The molecule has 25 heavy (non-hydrogen) atoms. The first-order valence-electron chi connectivity index (χ1n) is 8.06. The molecule has 2 heterocycles. The van der Waals surface area contributed by atoms with E-state index in [1.54, 1.807) is 10.7 Å². The Morgan fingerprint density at radius 3 is 2.64 bits per heavy atom. The first-order valence-corrected chi connectivity index (χ1v) is 9.23. The number of rotatable bonds is 4. The van der Waals surface area contributed by atoms with Gasteiger partial charge in [-0.2, -0.15) is 5.10 Å². The lowest BCUT2D eigenvalue weighted by Crippen LogP contribution is -2.49. The summed E-state index contributed by atoms with van der Waals surface area (Å²) >= 11 is 9.49. The summed E-state index contributed by atoms with van der Waals surface area (Å²) in [7, 11) is 0. The molecule has 1 aromatic heterocycles. The molecule has 1 aromatic carbocycles. The summed E-state index contributed by atoms with van der Waals surface area (Å²) in [6.07, 6.45) is 1.82. The maximum atomic E-state index is 13.1. The minimum absolute atomic E-state index is 0.0643. The number of carbonyl (C=O) groups excluding carboxylic acids is 1. The van der Waals surface area contributed by atoms with Gasteiger partial charge in [0.1, 0.15) is 12.4 Å². The zero-order valence-corrected chi connectivity index (χ0v) is 16.2. The summed E-state index contributed by atoms with van der Waals surface area (Å²) in [5.74, 6) is -0.265. The van der Waals surface area contributed by atoms with Gasteiger partial charge in [-0.05, 0) is 40.5 Å². The van der Waals surface area contributed by atoms with Crippen LogP contribution in [0.5, 0.6) is 0 Å². The smallest absolute Gasteiger partial charge is 0.244 e. The minimum atomic E-state index is -0.329. The van der Waals surface area contributed by atoms with Crippen LogP contribution in [0.1, 0.15) is 11.3 Å². The van der Waals surface area contributed by atoms with Crippen LogP contribution in [0.4, 0.5) is 4.39 Å². The SMILES string of the molecule is Cc1nn(CC(=O)N2CCN(Cc3ccc(F)cc3Cl)CC2)cc1Br. The third-order valence-electron chi connectivity index (χ3n) is 4.32. The zero-order valence-electron chi connectivity index (χ0n) is 13.9. The first kappa shape index (κ1) is 18.4. The van der Waals surface area contributed by atoms with Crippen molar-refractivity contribution in [2.24, 2.45) is 0 Å². The van der Waals surface area contributed by atoms with Gasteiger partial charge in [0.05, 0.1) is 10.2 Å². The van der Waals surface area contributed by atoms with Gasteiger partial charge >= 0.3 is 0 Å².